The number of halogens is 1. The summed E-state index contributed by atoms with van der Waals surface area (Å²) in [6, 6.07) is 20.5. The maximum absolute atomic E-state index is 14.4. The molecular formula is C33H38ClN3O6S. The number of carbonyl (C=O) groups excluding carboxylic acids is 2. The zero-order valence-corrected chi connectivity index (χ0v) is 26.4. The molecule has 0 spiro atoms. The normalized spacial score (nSPS) is 15.4. The van der Waals surface area contributed by atoms with Crippen LogP contribution in [0.5, 0.6) is 11.5 Å². The number of carbonyl (C=O) groups is 2. The molecule has 1 heterocycles. The van der Waals surface area contributed by atoms with Gasteiger partial charge in [-0.25, -0.2) is 8.42 Å². The van der Waals surface area contributed by atoms with E-state index in [1.165, 1.54) is 11.8 Å². The van der Waals surface area contributed by atoms with Crippen LogP contribution in [0.4, 0.5) is 5.69 Å². The van der Waals surface area contributed by atoms with Gasteiger partial charge in [-0.3, -0.25) is 13.9 Å². The third-order valence-electron chi connectivity index (χ3n) is 8.14. The van der Waals surface area contributed by atoms with Gasteiger partial charge in [0.2, 0.25) is 28.6 Å². The fourth-order valence-electron chi connectivity index (χ4n) is 5.67. The van der Waals surface area contributed by atoms with Crippen LogP contribution in [0.2, 0.25) is 5.02 Å². The standard InChI is InChI=1S/C33H38ClN3O6S/c1-2-44(40,41)37(27-17-18-30-31(20-27)43-23-42-30)22-32(38)36(21-25-13-9-10-16-28(25)34)29(19-24-11-5-3-6-12-24)33(39)35-26-14-7-4-8-15-26/h3,5-6,9-13,16-18,20,26,29H,2,4,7-8,14-15,19,21-23H2,1H3,(H,35,39)/t29-/m1/s1. The van der Waals surface area contributed by atoms with E-state index in [0.717, 1.165) is 42.0 Å². The van der Waals surface area contributed by atoms with Crippen molar-refractivity contribution >= 4 is 39.1 Å². The molecule has 1 aliphatic carbocycles. The molecule has 3 aromatic rings. The lowest BCUT2D eigenvalue weighted by Crippen LogP contribution is -2.55. The second-order valence-electron chi connectivity index (χ2n) is 11.1. The Hall–Kier alpha value is -3.76. The molecule has 2 amide bonds. The first-order valence-corrected chi connectivity index (χ1v) is 17.0. The van der Waals surface area contributed by atoms with Crippen molar-refractivity contribution in [2.24, 2.45) is 0 Å². The molecule has 1 atom stereocenters. The molecule has 3 aromatic carbocycles. The Kier molecular flexibility index (Phi) is 10.3. The first kappa shape index (κ1) is 31.7. The number of hydrogen-bond acceptors (Lipinski definition) is 6. The number of ether oxygens (including phenoxy) is 2. The molecule has 0 aromatic heterocycles. The Morgan fingerprint density at radius 1 is 0.955 bits per heavy atom. The molecular weight excluding hydrogens is 602 g/mol. The number of amides is 2. The summed E-state index contributed by atoms with van der Waals surface area (Å²) in [5.41, 5.74) is 1.80. The number of fused-ring (bicyclic) bond motifs is 1. The molecule has 0 radical (unpaired) electrons. The third-order valence-corrected chi connectivity index (χ3v) is 10.3. The van der Waals surface area contributed by atoms with Crippen molar-refractivity contribution in [1.82, 2.24) is 10.2 Å². The Balaban J connectivity index is 1.52. The second kappa shape index (κ2) is 14.3. The van der Waals surface area contributed by atoms with Gasteiger partial charge in [0.25, 0.3) is 0 Å². The van der Waals surface area contributed by atoms with Gasteiger partial charge in [-0.1, -0.05) is 79.4 Å². The molecule has 9 nitrogen and oxygen atoms in total. The highest BCUT2D eigenvalue weighted by Crippen LogP contribution is 2.36. The quantitative estimate of drug-likeness (QED) is 0.288. The Bertz CT molecular complexity index is 1560. The summed E-state index contributed by atoms with van der Waals surface area (Å²) in [6.45, 7) is 1.07. The smallest absolute Gasteiger partial charge is 0.244 e. The molecule has 0 unspecified atom stereocenters. The van der Waals surface area contributed by atoms with E-state index in [1.807, 2.05) is 36.4 Å². The summed E-state index contributed by atoms with van der Waals surface area (Å²) >= 11 is 6.55. The number of nitrogens with one attached hydrogen (secondary N) is 1. The van der Waals surface area contributed by atoms with Crippen LogP contribution in [0.15, 0.2) is 72.8 Å². The summed E-state index contributed by atoms with van der Waals surface area (Å²) in [5.74, 6) is -0.132. The van der Waals surface area contributed by atoms with Gasteiger partial charge in [0.1, 0.15) is 12.6 Å². The lowest BCUT2D eigenvalue weighted by molar-refractivity contribution is -0.140. The minimum Gasteiger partial charge on any atom is -0.454 e. The van der Waals surface area contributed by atoms with Crippen LogP contribution in [0.1, 0.15) is 50.2 Å². The van der Waals surface area contributed by atoms with Crippen LogP contribution in [0.25, 0.3) is 0 Å². The predicted molar refractivity (Wildman–Crippen MR) is 170 cm³/mol. The van der Waals surface area contributed by atoms with E-state index in [9.17, 15) is 18.0 Å². The number of anilines is 1. The first-order chi connectivity index (χ1) is 21.2. The van der Waals surface area contributed by atoms with E-state index in [1.54, 1.807) is 36.4 Å². The molecule has 11 heteroatoms. The Morgan fingerprint density at radius 3 is 2.39 bits per heavy atom. The molecule has 1 aliphatic heterocycles. The van der Waals surface area contributed by atoms with Crippen LogP contribution in [-0.4, -0.2) is 56.3 Å². The average molecular weight is 640 g/mol. The van der Waals surface area contributed by atoms with Gasteiger partial charge in [-0.2, -0.15) is 0 Å². The molecule has 1 N–H and O–H groups in total. The minimum absolute atomic E-state index is 0.0231. The molecule has 44 heavy (non-hydrogen) atoms. The molecule has 234 valence electrons. The SMILES string of the molecule is CCS(=O)(=O)N(CC(=O)N(Cc1ccccc1Cl)[C@H](Cc1ccccc1)C(=O)NC1CCCCC1)c1ccc2c(c1)OCO2. The molecule has 5 rings (SSSR count). The summed E-state index contributed by atoms with van der Waals surface area (Å²) in [4.78, 5) is 30.0. The first-order valence-electron chi connectivity index (χ1n) is 15.0. The van der Waals surface area contributed by atoms with E-state index >= 15 is 0 Å². The van der Waals surface area contributed by atoms with Crippen LogP contribution >= 0.6 is 11.6 Å². The largest absolute Gasteiger partial charge is 0.454 e. The van der Waals surface area contributed by atoms with Crippen LogP contribution < -0.4 is 19.1 Å². The topological polar surface area (TPSA) is 105 Å². The van der Waals surface area contributed by atoms with Crippen molar-refractivity contribution in [3.8, 4) is 11.5 Å². The van der Waals surface area contributed by atoms with Gasteiger partial charge in [0.15, 0.2) is 11.5 Å². The average Bonchev–Trinajstić information content (AvgIpc) is 3.51. The number of nitrogens with zero attached hydrogens (tertiary/aromatic N) is 2. The highest BCUT2D eigenvalue weighted by Gasteiger charge is 2.35. The van der Waals surface area contributed by atoms with Crippen molar-refractivity contribution in [3.63, 3.8) is 0 Å². The molecule has 0 bridgehead atoms. The molecule has 0 saturated heterocycles. The van der Waals surface area contributed by atoms with Crippen LogP contribution in [0.3, 0.4) is 0 Å². The summed E-state index contributed by atoms with van der Waals surface area (Å²) in [6.07, 6.45) is 5.23. The lowest BCUT2D eigenvalue weighted by Gasteiger charge is -2.35. The monoisotopic (exact) mass is 639 g/mol. The predicted octanol–water partition coefficient (Wildman–Crippen LogP) is 5.31. The number of rotatable bonds is 12. The fourth-order valence-corrected chi connectivity index (χ4v) is 6.92. The van der Waals surface area contributed by atoms with Crippen molar-refractivity contribution in [2.45, 2.75) is 64.1 Å². The number of hydrogen-bond donors (Lipinski definition) is 1. The fraction of sp³-hybridized carbons (Fsp3) is 0.394. The van der Waals surface area contributed by atoms with Gasteiger partial charge in [-0.15, -0.1) is 0 Å². The van der Waals surface area contributed by atoms with E-state index in [0.29, 0.717) is 22.1 Å². The highest BCUT2D eigenvalue weighted by atomic mass is 35.5. The van der Waals surface area contributed by atoms with E-state index in [-0.39, 0.29) is 43.1 Å². The number of sulfonamides is 1. The van der Waals surface area contributed by atoms with Crippen LogP contribution in [-0.2, 0) is 32.6 Å². The van der Waals surface area contributed by atoms with Gasteiger partial charge in [0, 0.05) is 30.1 Å². The number of benzene rings is 3. The van der Waals surface area contributed by atoms with Gasteiger partial charge < -0.3 is 19.7 Å². The van der Waals surface area contributed by atoms with Gasteiger partial charge in [0.05, 0.1) is 11.4 Å². The highest BCUT2D eigenvalue weighted by molar-refractivity contribution is 7.92. The Labute approximate surface area is 264 Å². The molecule has 1 saturated carbocycles. The van der Waals surface area contributed by atoms with Crippen LogP contribution in [0, 0.1) is 0 Å². The van der Waals surface area contributed by atoms with E-state index < -0.39 is 28.5 Å². The minimum atomic E-state index is -3.91. The van der Waals surface area contributed by atoms with Crippen molar-refractivity contribution in [2.75, 3.05) is 23.4 Å². The second-order valence-corrected chi connectivity index (χ2v) is 13.7. The van der Waals surface area contributed by atoms with Crippen molar-refractivity contribution in [1.29, 1.82) is 0 Å². The van der Waals surface area contributed by atoms with Gasteiger partial charge >= 0.3 is 0 Å². The van der Waals surface area contributed by atoms with Crippen molar-refractivity contribution < 1.29 is 27.5 Å². The summed E-state index contributed by atoms with van der Waals surface area (Å²) in [7, 11) is -3.91. The zero-order valence-electron chi connectivity index (χ0n) is 24.8. The van der Waals surface area contributed by atoms with E-state index in [4.69, 9.17) is 21.1 Å². The van der Waals surface area contributed by atoms with Gasteiger partial charge in [-0.05, 0) is 49.1 Å². The molecule has 2 aliphatic rings. The third kappa shape index (κ3) is 7.65. The Morgan fingerprint density at radius 2 is 1.66 bits per heavy atom. The molecule has 1 fully saturated rings. The van der Waals surface area contributed by atoms with Crippen molar-refractivity contribution in [3.05, 3.63) is 88.9 Å². The maximum Gasteiger partial charge on any atom is 0.244 e. The maximum atomic E-state index is 14.4. The van der Waals surface area contributed by atoms with E-state index in [2.05, 4.69) is 5.32 Å². The lowest BCUT2D eigenvalue weighted by atomic mass is 9.94. The zero-order chi connectivity index (χ0) is 31.1. The summed E-state index contributed by atoms with van der Waals surface area (Å²) in [5, 5.41) is 3.65. The summed E-state index contributed by atoms with van der Waals surface area (Å²) < 4.78 is 38.8.